The standard InChI is InChI=1S/C18H19F4N5O2/c19-11-8-28-5-4-13(11)24-12-2-1-3-14-10(12)6-15(27(14)9-18(20,21)22)17-25-16(7-23)29-26-17/h1-3,6,11,13,24H,4-5,7-9,23H2/t11-,13+/m0/s1. The Morgan fingerprint density at radius 1 is 1.31 bits per heavy atom. The third kappa shape index (κ3) is 4.06. The summed E-state index contributed by atoms with van der Waals surface area (Å²) in [5.74, 6) is 0.121. The summed E-state index contributed by atoms with van der Waals surface area (Å²) in [6.45, 7) is -0.858. The molecule has 3 aromatic rings. The molecule has 3 heterocycles. The van der Waals surface area contributed by atoms with Crippen LogP contribution in [-0.4, -0.2) is 46.3 Å². The van der Waals surface area contributed by atoms with Crippen molar-refractivity contribution in [2.24, 2.45) is 5.73 Å². The van der Waals surface area contributed by atoms with Crippen LogP contribution in [-0.2, 0) is 17.8 Å². The van der Waals surface area contributed by atoms with E-state index in [0.29, 0.717) is 29.6 Å². The Labute approximate surface area is 162 Å². The van der Waals surface area contributed by atoms with E-state index in [-0.39, 0.29) is 30.6 Å². The summed E-state index contributed by atoms with van der Waals surface area (Å²) in [4.78, 5) is 4.05. The molecule has 11 heteroatoms. The summed E-state index contributed by atoms with van der Waals surface area (Å²) in [5.41, 5.74) is 6.45. The molecule has 1 aromatic carbocycles. The van der Waals surface area contributed by atoms with Crippen molar-refractivity contribution in [1.29, 1.82) is 0 Å². The zero-order chi connectivity index (χ0) is 20.6. The highest BCUT2D eigenvalue weighted by Crippen LogP contribution is 2.35. The van der Waals surface area contributed by atoms with Crippen LogP contribution in [0.1, 0.15) is 12.3 Å². The number of aromatic nitrogens is 3. The van der Waals surface area contributed by atoms with Crippen molar-refractivity contribution in [2.75, 3.05) is 18.5 Å². The maximum Gasteiger partial charge on any atom is 0.406 e. The Bertz CT molecular complexity index is 1000. The van der Waals surface area contributed by atoms with E-state index in [9.17, 15) is 17.6 Å². The minimum Gasteiger partial charge on any atom is -0.379 e. The summed E-state index contributed by atoms with van der Waals surface area (Å²) in [5, 5.41) is 7.36. The van der Waals surface area contributed by atoms with Gasteiger partial charge in [-0.2, -0.15) is 18.2 Å². The normalized spacial score (nSPS) is 20.3. The quantitative estimate of drug-likeness (QED) is 0.624. The lowest BCUT2D eigenvalue weighted by molar-refractivity contribution is -0.139. The van der Waals surface area contributed by atoms with Crippen molar-refractivity contribution in [3.63, 3.8) is 0 Å². The number of fused-ring (bicyclic) bond motifs is 1. The van der Waals surface area contributed by atoms with Gasteiger partial charge in [0.2, 0.25) is 11.7 Å². The first-order chi connectivity index (χ1) is 13.9. The van der Waals surface area contributed by atoms with Crippen molar-refractivity contribution >= 4 is 16.6 Å². The van der Waals surface area contributed by atoms with Crippen molar-refractivity contribution in [2.45, 2.75) is 37.9 Å². The van der Waals surface area contributed by atoms with Crippen molar-refractivity contribution in [3.8, 4) is 11.5 Å². The van der Waals surface area contributed by atoms with Gasteiger partial charge in [0.05, 0.1) is 30.4 Å². The molecule has 0 unspecified atom stereocenters. The monoisotopic (exact) mass is 413 g/mol. The Morgan fingerprint density at radius 2 is 2.14 bits per heavy atom. The van der Waals surface area contributed by atoms with E-state index in [2.05, 4.69) is 15.5 Å². The van der Waals surface area contributed by atoms with Crippen LogP contribution < -0.4 is 11.1 Å². The maximum absolute atomic E-state index is 14.2. The SMILES string of the molecule is NCc1nc(-c2cc3c(N[C@@H]4CCOC[C@@H]4F)cccc3n2CC(F)(F)F)no1. The van der Waals surface area contributed by atoms with E-state index in [1.54, 1.807) is 24.3 Å². The smallest absolute Gasteiger partial charge is 0.379 e. The second-order valence-electron chi connectivity index (χ2n) is 6.82. The van der Waals surface area contributed by atoms with Crippen LogP contribution in [0.5, 0.6) is 0 Å². The van der Waals surface area contributed by atoms with E-state index in [1.807, 2.05) is 0 Å². The topological polar surface area (TPSA) is 91.1 Å². The molecular formula is C18H19F4N5O2. The van der Waals surface area contributed by atoms with Gasteiger partial charge in [-0.05, 0) is 24.6 Å². The van der Waals surface area contributed by atoms with Crippen LogP contribution in [0.15, 0.2) is 28.8 Å². The van der Waals surface area contributed by atoms with Crippen LogP contribution in [0.2, 0.25) is 0 Å². The van der Waals surface area contributed by atoms with Gasteiger partial charge in [0, 0.05) is 17.7 Å². The fourth-order valence-corrected chi connectivity index (χ4v) is 3.45. The molecule has 0 aliphatic carbocycles. The molecule has 1 saturated heterocycles. The van der Waals surface area contributed by atoms with Crippen molar-refractivity contribution in [1.82, 2.24) is 14.7 Å². The molecule has 156 valence electrons. The van der Waals surface area contributed by atoms with E-state index < -0.39 is 24.9 Å². The maximum atomic E-state index is 14.2. The summed E-state index contributed by atoms with van der Waals surface area (Å²) < 4.78 is 65.1. The number of benzene rings is 1. The van der Waals surface area contributed by atoms with Gasteiger partial charge in [0.15, 0.2) is 0 Å². The molecular weight excluding hydrogens is 394 g/mol. The number of hydrogen-bond acceptors (Lipinski definition) is 6. The number of nitrogens with zero attached hydrogens (tertiary/aromatic N) is 3. The first kappa shape index (κ1) is 19.6. The van der Waals surface area contributed by atoms with Gasteiger partial charge in [-0.3, -0.25) is 0 Å². The van der Waals surface area contributed by atoms with Crippen LogP contribution in [0, 0.1) is 0 Å². The third-order valence-corrected chi connectivity index (χ3v) is 4.78. The highest BCUT2D eigenvalue weighted by atomic mass is 19.4. The van der Waals surface area contributed by atoms with Gasteiger partial charge < -0.3 is 24.9 Å². The predicted octanol–water partition coefficient (Wildman–Crippen LogP) is 3.25. The Balaban J connectivity index is 1.80. The fourth-order valence-electron chi connectivity index (χ4n) is 3.45. The van der Waals surface area contributed by atoms with E-state index in [1.165, 1.54) is 0 Å². The largest absolute Gasteiger partial charge is 0.406 e. The molecule has 0 bridgehead atoms. The van der Waals surface area contributed by atoms with Crippen LogP contribution >= 0.6 is 0 Å². The second-order valence-corrected chi connectivity index (χ2v) is 6.82. The second kappa shape index (κ2) is 7.64. The van der Waals surface area contributed by atoms with Crippen LogP contribution in [0.3, 0.4) is 0 Å². The first-order valence-corrected chi connectivity index (χ1v) is 9.06. The number of alkyl halides is 4. The summed E-state index contributed by atoms with van der Waals surface area (Å²) in [6, 6.07) is 5.94. The first-order valence-electron chi connectivity index (χ1n) is 9.06. The van der Waals surface area contributed by atoms with Gasteiger partial charge in [-0.25, -0.2) is 4.39 Å². The number of ether oxygens (including phenoxy) is 1. The number of anilines is 1. The highest BCUT2D eigenvalue weighted by Gasteiger charge is 2.32. The summed E-state index contributed by atoms with van der Waals surface area (Å²) >= 11 is 0. The van der Waals surface area contributed by atoms with Crippen molar-refractivity contribution in [3.05, 3.63) is 30.2 Å². The van der Waals surface area contributed by atoms with Crippen molar-refractivity contribution < 1.29 is 26.8 Å². The molecule has 1 fully saturated rings. The van der Waals surface area contributed by atoms with Gasteiger partial charge in [-0.15, -0.1) is 0 Å². The average Bonchev–Trinajstić information content (AvgIpc) is 3.28. The molecule has 3 N–H and O–H groups in total. The minimum absolute atomic E-state index is 0.00582. The Kier molecular flexibility index (Phi) is 5.17. The zero-order valence-electron chi connectivity index (χ0n) is 15.2. The molecule has 7 nitrogen and oxygen atoms in total. The summed E-state index contributed by atoms with van der Waals surface area (Å²) in [7, 11) is 0. The minimum atomic E-state index is -4.46. The lowest BCUT2D eigenvalue weighted by Gasteiger charge is -2.28. The number of nitrogens with one attached hydrogen (secondary N) is 1. The number of halogens is 4. The molecule has 4 rings (SSSR count). The van der Waals surface area contributed by atoms with Crippen LogP contribution in [0.25, 0.3) is 22.4 Å². The van der Waals surface area contributed by atoms with E-state index >= 15 is 0 Å². The molecule has 2 atom stereocenters. The molecule has 1 aliphatic heterocycles. The average molecular weight is 413 g/mol. The molecule has 0 radical (unpaired) electrons. The number of rotatable bonds is 5. The van der Waals surface area contributed by atoms with E-state index in [0.717, 1.165) is 4.57 Å². The van der Waals surface area contributed by atoms with E-state index in [4.69, 9.17) is 15.0 Å². The van der Waals surface area contributed by atoms with Gasteiger partial charge in [0.1, 0.15) is 12.7 Å². The lowest BCUT2D eigenvalue weighted by Crippen LogP contribution is -2.39. The summed E-state index contributed by atoms with van der Waals surface area (Å²) in [6.07, 6.45) is -5.21. The fraction of sp³-hybridized carbons (Fsp3) is 0.444. The third-order valence-electron chi connectivity index (χ3n) is 4.78. The molecule has 1 aliphatic rings. The Hall–Kier alpha value is -2.66. The number of hydrogen-bond donors (Lipinski definition) is 2. The zero-order valence-corrected chi connectivity index (χ0v) is 15.2. The molecule has 29 heavy (non-hydrogen) atoms. The van der Waals surface area contributed by atoms with Crippen LogP contribution in [0.4, 0.5) is 23.2 Å². The Morgan fingerprint density at radius 3 is 2.83 bits per heavy atom. The molecule has 0 amide bonds. The number of nitrogens with two attached hydrogens (primary N) is 1. The predicted molar refractivity (Wildman–Crippen MR) is 96.9 cm³/mol. The molecule has 0 saturated carbocycles. The lowest BCUT2D eigenvalue weighted by atomic mass is 10.1. The molecule has 0 spiro atoms. The van der Waals surface area contributed by atoms with Gasteiger partial charge >= 0.3 is 6.18 Å². The van der Waals surface area contributed by atoms with Gasteiger partial charge in [0.25, 0.3) is 0 Å². The van der Waals surface area contributed by atoms with Gasteiger partial charge in [-0.1, -0.05) is 11.2 Å². The highest BCUT2D eigenvalue weighted by molar-refractivity contribution is 5.96. The molecule has 2 aromatic heterocycles.